The van der Waals surface area contributed by atoms with Gasteiger partial charge in [-0.2, -0.15) is 0 Å². The van der Waals surface area contributed by atoms with Crippen LogP contribution in [0.3, 0.4) is 0 Å². The lowest BCUT2D eigenvalue weighted by Crippen LogP contribution is -2.45. The van der Waals surface area contributed by atoms with E-state index in [1.807, 2.05) is 27.2 Å². The minimum absolute atomic E-state index is 0.0127. The number of carbonyl (C=O) groups excluding carboxylic acids is 1. The Morgan fingerprint density at radius 2 is 0.824 bits per heavy atom. The number of nitrogens with zero attached hydrogens (tertiary/aromatic N) is 1. The molecule has 74 heavy (non-hydrogen) atoms. The first-order valence-electron chi connectivity index (χ1n) is 29.2. The smallest absolute Gasteiger partial charge is 0.268 e. The number of hydrogen-bond acceptors (Lipinski definition) is 6. The normalized spacial score (nSPS) is 15.0. The second-order valence-corrected chi connectivity index (χ2v) is 21.7. The zero-order chi connectivity index (χ0) is 54.2. The molecule has 0 saturated carbocycles. The summed E-state index contributed by atoms with van der Waals surface area (Å²) in [6.45, 7) is 4.49. The highest BCUT2D eigenvalue weighted by Gasteiger charge is 2.23. The number of phosphoric acid groups is 1. The highest BCUT2D eigenvalue weighted by Crippen LogP contribution is 2.38. The average Bonchev–Trinajstić information content (AvgIpc) is 3.36. The molecule has 0 aliphatic rings. The predicted octanol–water partition coefficient (Wildman–Crippen LogP) is 17.5. The molecule has 0 aromatic carbocycles. The number of aliphatic hydroxyl groups excluding tert-OH is 1. The van der Waals surface area contributed by atoms with Crippen LogP contribution in [0.15, 0.2) is 146 Å². The summed E-state index contributed by atoms with van der Waals surface area (Å²) >= 11 is 0. The van der Waals surface area contributed by atoms with Crippen LogP contribution in [0.4, 0.5) is 0 Å². The summed E-state index contributed by atoms with van der Waals surface area (Å²) in [5.74, 6) is -0.223. The number of aliphatic hydroxyl groups is 1. The maximum Gasteiger partial charge on any atom is 0.268 e. The maximum atomic E-state index is 12.9. The highest BCUT2D eigenvalue weighted by molar-refractivity contribution is 7.45. The van der Waals surface area contributed by atoms with Crippen LogP contribution < -0.4 is 10.2 Å². The van der Waals surface area contributed by atoms with Crippen LogP contribution in [0, 0.1) is 0 Å². The van der Waals surface area contributed by atoms with Gasteiger partial charge in [-0.3, -0.25) is 9.36 Å². The molecule has 0 aromatic heterocycles. The third kappa shape index (κ3) is 56.1. The van der Waals surface area contributed by atoms with Gasteiger partial charge in [0, 0.05) is 6.42 Å². The number of hydrogen-bond donors (Lipinski definition) is 2. The summed E-state index contributed by atoms with van der Waals surface area (Å²) in [6.07, 6.45) is 83.5. The van der Waals surface area contributed by atoms with Gasteiger partial charge in [0.15, 0.2) is 0 Å². The van der Waals surface area contributed by atoms with Crippen molar-refractivity contribution in [1.29, 1.82) is 0 Å². The molecule has 420 valence electrons. The van der Waals surface area contributed by atoms with Crippen molar-refractivity contribution in [3.63, 3.8) is 0 Å². The Bertz CT molecular complexity index is 1710. The van der Waals surface area contributed by atoms with E-state index >= 15 is 0 Å². The molecule has 8 nitrogen and oxygen atoms in total. The maximum absolute atomic E-state index is 12.9. The van der Waals surface area contributed by atoms with E-state index in [4.69, 9.17) is 9.05 Å². The number of nitrogens with one attached hydrogen (secondary N) is 1. The van der Waals surface area contributed by atoms with Crippen LogP contribution in [0.1, 0.15) is 206 Å². The van der Waals surface area contributed by atoms with Crippen molar-refractivity contribution < 1.29 is 32.9 Å². The first-order chi connectivity index (χ1) is 36.0. The molecule has 3 atom stereocenters. The molecule has 0 radical (unpaired) electrons. The Morgan fingerprint density at radius 1 is 0.486 bits per heavy atom. The zero-order valence-electron chi connectivity index (χ0n) is 47.7. The lowest BCUT2D eigenvalue weighted by Gasteiger charge is -2.29. The van der Waals surface area contributed by atoms with Gasteiger partial charge in [-0.05, 0) is 103 Å². The van der Waals surface area contributed by atoms with Gasteiger partial charge in [-0.1, -0.05) is 243 Å². The molecule has 0 heterocycles. The third-order valence-electron chi connectivity index (χ3n) is 12.1. The summed E-state index contributed by atoms with van der Waals surface area (Å²) < 4.78 is 23.3. The van der Waals surface area contributed by atoms with Crippen molar-refractivity contribution in [1.82, 2.24) is 5.32 Å². The average molecular weight is 1050 g/mol. The molecule has 0 rings (SSSR count). The number of rotatable bonds is 51. The van der Waals surface area contributed by atoms with Gasteiger partial charge < -0.3 is 28.8 Å². The van der Waals surface area contributed by atoms with E-state index in [0.717, 1.165) is 128 Å². The fourth-order valence-electron chi connectivity index (χ4n) is 7.51. The van der Waals surface area contributed by atoms with Gasteiger partial charge in [0.1, 0.15) is 13.2 Å². The van der Waals surface area contributed by atoms with Crippen molar-refractivity contribution in [2.45, 2.75) is 219 Å². The zero-order valence-corrected chi connectivity index (χ0v) is 48.6. The molecule has 0 bridgehead atoms. The van der Waals surface area contributed by atoms with E-state index in [2.05, 4.69) is 153 Å². The molecule has 9 heteroatoms. The molecule has 0 aromatic rings. The summed E-state index contributed by atoms with van der Waals surface area (Å²) in [4.78, 5) is 25.4. The second kappa shape index (κ2) is 54.2. The standard InChI is InChI=1S/C65H109N2O6P/c1-6-8-10-12-14-16-18-20-21-22-23-24-25-26-27-28-29-30-31-32-33-34-35-36-37-38-39-40-41-42-43-44-45-47-49-51-53-55-57-59-65(69)66-63(62-73-74(70,71)72-61-60-67(3,4)5)64(68)58-56-54-52-50-48-46-19-17-15-13-11-9-7-2/h8,10,14,16,20-21,23-24,26-27,29-30,32-33,35-36,38-39,41-42,44-45,56,58,63-64,68H,6-7,9,11-13,15,17-19,22,25,28,31,34,37,40,43,46-55,57,59-62H2,1-5H3,(H-,66,69,70,71)/b10-8-,16-14-,21-20-,24-23-,27-26-,30-29-,33-32-,36-35-,39-38-,42-41-,45-44-,58-56+. The first-order valence-corrected chi connectivity index (χ1v) is 30.7. The lowest BCUT2D eigenvalue weighted by molar-refractivity contribution is -0.870. The van der Waals surface area contributed by atoms with Gasteiger partial charge in [0.2, 0.25) is 5.91 Å². The van der Waals surface area contributed by atoms with Gasteiger partial charge >= 0.3 is 0 Å². The van der Waals surface area contributed by atoms with Crippen LogP contribution in [0.2, 0.25) is 0 Å². The number of amides is 1. The fourth-order valence-corrected chi connectivity index (χ4v) is 8.23. The van der Waals surface area contributed by atoms with Gasteiger partial charge in [0.25, 0.3) is 7.82 Å². The van der Waals surface area contributed by atoms with Crippen LogP contribution in [0.25, 0.3) is 0 Å². The van der Waals surface area contributed by atoms with Crippen LogP contribution in [-0.2, 0) is 18.4 Å². The Kier molecular flexibility index (Phi) is 51.5. The summed E-state index contributed by atoms with van der Waals surface area (Å²) in [5, 5.41) is 13.8. The van der Waals surface area contributed by atoms with Crippen molar-refractivity contribution in [2.24, 2.45) is 0 Å². The van der Waals surface area contributed by atoms with Crippen LogP contribution in [0.5, 0.6) is 0 Å². The molecule has 0 fully saturated rings. The number of carbonyl (C=O) groups is 1. The number of unbranched alkanes of at least 4 members (excludes halogenated alkanes) is 16. The predicted molar refractivity (Wildman–Crippen MR) is 320 cm³/mol. The van der Waals surface area contributed by atoms with E-state index in [1.54, 1.807) is 6.08 Å². The van der Waals surface area contributed by atoms with E-state index in [-0.39, 0.29) is 12.5 Å². The molecule has 3 unspecified atom stereocenters. The van der Waals surface area contributed by atoms with Crippen LogP contribution >= 0.6 is 7.82 Å². The van der Waals surface area contributed by atoms with Crippen LogP contribution in [-0.4, -0.2) is 68.5 Å². The summed E-state index contributed by atoms with van der Waals surface area (Å²) in [5.41, 5.74) is 0. The monoisotopic (exact) mass is 1040 g/mol. The Labute approximate surface area is 455 Å². The molecule has 0 saturated heterocycles. The molecule has 0 aliphatic carbocycles. The summed E-state index contributed by atoms with van der Waals surface area (Å²) in [6, 6.07) is -0.907. The molecule has 0 aliphatic heterocycles. The van der Waals surface area contributed by atoms with Crippen molar-refractivity contribution >= 4 is 13.7 Å². The lowest BCUT2D eigenvalue weighted by atomic mass is 10.0. The quantitative estimate of drug-likeness (QED) is 0.0272. The van der Waals surface area contributed by atoms with E-state index in [1.165, 1.54) is 57.8 Å². The van der Waals surface area contributed by atoms with Crippen molar-refractivity contribution in [2.75, 3.05) is 40.9 Å². The fraction of sp³-hybridized carbons (Fsp3) is 0.615. The van der Waals surface area contributed by atoms with E-state index in [9.17, 15) is 19.4 Å². The minimum atomic E-state index is -4.61. The largest absolute Gasteiger partial charge is 0.756 e. The topological polar surface area (TPSA) is 108 Å². The molecule has 0 spiro atoms. The van der Waals surface area contributed by atoms with Crippen molar-refractivity contribution in [3.05, 3.63) is 146 Å². The van der Waals surface area contributed by atoms with Gasteiger partial charge in [-0.25, -0.2) is 0 Å². The highest BCUT2D eigenvalue weighted by atomic mass is 31.2. The first kappa shape index (κ1) is 70.4. The Hall–Kier alpha value is -3.62. The number of phosphoric ester groups is 1. The van der Waals surface area contributed by atoms with Gasteiger partial charge in [0.05, 0.1) is 39.9 Å². The second-order valence-electron chi connectivity index (χ2n) is 20.3. The number of likely N-dealkylation sites (N-methyl/N-ethyl adjacent to an activating group) is 1. The van der Waals surface area contributed by atoms with Gasteiger partial charge in [-0.15, -0.1) is 0 Å². The van der Waals surface area contributed by atoms with E-state index < -0.39 is 26.6 Å². The molecular weight excluding hydrogens is 936 g/mol. The SMILES string of the molecule is CC/C=C\C/C=C\C/C=C\C/C=C\C/C=C\C/C=C\C/C=C\C/C=C\C/C=C\C/C=C\C/C=C\CCCCCCCC(=O)NC(COP(=O)([O-])OCC[N+](C)(C)C)C(O)/C=C/CCCCCCCCCCCCC. The van der Waals surface area contributed by atoms with E-state index in [0.29, 0.717) is 17.4 Å². The Balaban J connectivity index is 4.20. The number of quaternary nitrogens is 1. The minimum Gasteiger partial charge on any atom is -0.756 e. The Morgan fingerprint density at radius 3 is 1.20 bits per heavy atom. The third-order valence-corrected chi connectivity index (χ3v) is 13.0. The molecular formula is C65H109N2O6P. The molecule has 2 N–H and O–H groups in total. The summed E-state index contributed by atoms with van der Waals surface area (Å²) in [7, 11) is 1.22. The molecule has 1 amide bonds. The van der Waals surface area contributed by atoms with Crippen molar-refractivity contribution in [3.8, 4) is 0 Å². The number of allylic oxidation sites excluding steroid dienone is 23.